The Morgan fingerprint density at radius 2 is 1.71 bits per heavy atom. The summed E-state index contributed by atoms with van der Waals surface area (Å²) in [5.74, 6) is 0.642. The van der Waals surface area contributed by atoms with Gasteiger partial charge in [0.2, 0.25) is 27.6 Å². The molecule has 8 nitrogen and oxygen atoms in total. The van der Waals surface area contributed by atoms with E-state index >= 15 is 0 Å². The predicted octanol–water partition coefficient (Wildman–Crippen LogP) is 4.05. The van der Waals surface area contributed by atoms with Gasteiger partial charge in [0.25, 0.3) is 0 Å². The van der Waals surface area contributed by atoms with Crippen LogP contribution in [0.1, 0.15) is 48.6 Å². The van der Waals surface area contributed by atoms with Gasteiger partial charge in [-0.15, -0.1) is 0 Å². The van der Waals surface area contributed by atoms with E-state index < -0.39 is 10.0 Å². The largest absolute Gasteiger partial charge is 0.339 e. The Bertz CT molecular complexity index is 1310. The molecule has 0 aliphatic carbocycles. The number of hydrogen-bond donors (Lipinski definition) is 0. The highest BCUT2D eigenvalue weighted by atomic mass is 32.2. The van der Waals surface area contributed by atoms with Crippen molar-refractivity contribution < 1.29 is 17.7 Å². The molecule has 0 spiro atoms. The molecule has 3 heterocycles. The fourth-order valence-corrected chi connectivity index (χ4v) is 6.08. The number of carbonyl (C=O) groups excluding carboxylic acids is 1. The first-order valence-electron chi connectivity index (χ1n) is 11.6. The predicted molar refractivity (Wildman–Crippen MR) is 128 cm³/mol. The summed E-state index contributed by atoms with van der Waals surface area (Å²) >= 11 is 0. The van der Waals surface area contributed by atoms with Gasteiger partial charge in [0, 0.05) is 37.3 Å². The molecule has 5 rings (SSSR count). The average Bonchev–Trinajstić information content (AvgIpc) is 3.49. The van der Waals surface area contributed by atoms with Gasteiger partial charge >= 0.3 is 0 Å². The molecule has 0 bridgehead atoms. The van der Waals surface area contributed by atoms with Crippen LogP contribution in [0.4, 0.5) is 5.69 Å². The van der Waals surface area contributed by atoms with Gasteiger partial charge in [-0.1, -0.05) is 17.6 Å². The van der Waals surface area contributed by atoms with Gasteiger partial charge in [-0.2, -0.15) is 9.29 Å². The van der Waals surface area contributed by atoms with Crippen LogP contribution in [0.25, 0.3) is 11.4 Å². The molecule has 1 atom stereocenters. The minimum Gasteiger partial charge on any atom is -0.339 e. The van der Waals surface area contributed by atoms with Crippen molar-refractivity contribution in [3.05, 3.63) is 59.5 Å². The van der Waals surface area contributed by atoms with E-state index in [1.165, 1.54) is 5.56 Å². The molecule has 3 aromatic rings. The number of anilines is 1. The van der Waals surface area contributed by atoms with E-state index in [9.17, 15) is 13.2 Å². The van der Waals surface area contributed by atoms with Gasteiger partial charge in [-0.25, -0.2) is 8.42 Å². The molecule has 2 fully saturated rings. The van der Waals surface area contributed by atoms with Gasteiger partial charge in [-0.05, 0) is 74.2 Å². The van der Waals surface area contributed by atoms with Crippen LogP contribution in [0.2, 0.25) is 0 Å². The summed E-state index contributed by atoms with van der Waals surface area (Å²) in [4.78, 5) is 19.2. The highest BCUT2D eigenvalue weighted by molar-refractivity contribution is 7.89. The van der Waals surface area contributed by atoms with Crippen molar-refractivity contribution in [3.8, 4) is 11.4 Å². The first-order chi connectivity index (χ1) is 16.3. The van der Waals surface area contributed by atoms with E-state index in [1.54, 1.807) is 33.5 Å². The summed E-state index contributed by atoms with van der Waals surface area (Å²) in [6.45, 7) is 5.69. The summed E-state index contributed by atoms with van der Waals surface area (Å²) in [5, 5.41) is 4.09. The van der Waals surface area contributed by atoms with Gasteiger partial charge in [-0.3, -0.25) is 4.79 Å². The number of rotatable bonds is 5. The first kappa shape index (κ1) is 22.7. The van der Waals surface area contributed by atoms with Crippen molar-refractivity contribution in [2.45, 2.75) is 50.3 Å². The Labute approximate surface area is 199 Å². The molecule has 0 N–H and O–H groups in total. The van der Waals surface area contributed by atoms with Crippen LogP contribution in [0.5, 0.6) is 0 Å². The van der Waals surface area contributed by atoms with Crippen molar-refractivity contribution in [3.63, 3.8) is 0 Å². The van der Waals surface area contributed by atoms with E-state index in [2.05, 4.69) is 10.1 Å². The van der Waals surface area contributed by atoms with Gasteiger partial charge < -0.3 is 9.42 Å². The Hall–Kier alpha value is -3.04. The highest BCUT2D eigenvalue weighted by Crippen LogP contribution is 2.33. The van der Waals surface area contributed by atoms with Crippen LogP contribution in [0, 0.1) is 13.8 Å². The first-order valence-corrected chi connectivity index (χ1v) is 13.1. The average molecular weight is 481 g/mol. The molecule has 1 unspecified atom stereocenters. The fraction of sp³-hybridized carbons (Fsp3) is 0.400. The Morgan fingerprint density at radius 3 is 2.41 bits per heavy atom. The minimum atomic E-state index is -3.49. The molecule has 1 aromatic heterocycles. The molecule has 1 amide bonds. The standard InChI is InChI=1S/C25H28N4O4S/c1-17-6-9-21(14-18(17)2)29-16-20(15-23(29)30)25-26-24(27-33-25)19-7-10-22(11-8-19)34(31,32)28-12-4-3-5-13-28/h6-11,14,20H,3-5,12-13,15-16H2,1-2H3. The topological polar surface area (TPSA) is 96.6 Å². The van der Waals surface area contributed by atoms with Crippen molar-refractivity contribution >= 4 is 21.6 Å². The second-order valence-electron chi connectivity index (χ2n) is 9.12. The second-order valence-corrected chi connectivity index (χ2v) is 11.1. The summed E-state index contributed by atoms with van der Waals surface area (Å²) < 4.78 is 32.8. The van der Waals surface area contributed by atoms with Crippen molar-refractivity contribution in [1.29, 1.82) is 0 Å². The Balaban J connectivity index is 1.31. The number of amides is 1. The fourth-order valence-electron chi connectivity index (χ4n) is 4.56. The molecule has 2 aliphatic heterocycles. The third kappa shape index (κ3) is 4.25. The van der Waals surface area contributed by atoms with Crippen LogP contribution in [0.3, 0.4) is 0 Å². The molecule has 2 aliphatic rings. The zero-order valence-corrected chi connectivity index (χ0v) is 20.2. The zero-order chi connectivity index (χ0) is 23.9. The number of aryl methyl sites for hydroxylation is 2. The van der Waals surface area contributed by atoms with E-state index in [0.29, 0.717) is 43.3 Å². The maximum atomic E-state index is 12.9. The molecular formula is C25H28N4O4S. The van der Waals surface area contributed by atoms with Gasteiger partial charge in [0.1, 0.15) is 0 Å². The lowest BCUT2D eigenvalue weighted by atomic mass is 10.1. The highest BCUT2D eigenvalue weighted by Gasteiger charge is 2.35. The SMILES string of the molecule is Cc1ccc(N2CC(c3nc(-c4ccc(S(=O)(=O)N5CCCCC5)cc4)no3)CC2=O)cc1C. The summed E-state index contributed by atoms with van der Waals surface area (Å²) in [5.41, 5.74) is 3.87. The molecule has 9 heteroatoms. The molecule has 0 radical (unpaired) electrons. The minimum absolute atomic E-state index is 0.0280. The number of hydrogen-bond acceptors (Lipinski definition) is 6. The normalized spacial score (nSPS) is 19.6. The van der Waals surface area contributed by atoms with Crippen molar-refractivity contribution in [2.24, 2.45) is 0 Å². The van der Waals surface area contributed by atoms with Crippen molar-refractivity contribution in [1.82, 2.24) is 14.4 Å². The van der Waals surface area contributed by atoms with E-state index in [-0.39, 0.29) is 16.7 Å². The third-order valence-electron chi connectivity index (χ3n) is 6.78. The third-order valence-corrected chi connectivity index (χ3v) is 8.70. The van der Waals surface area contributed by atoms with Gasteiger partial charge in [0.15, 0.2) is 0 Å². The van der Waals surface area contributed by atoms with E-state index in [1.807, 2.05) is 32.0 Å². The van der Waals surface area contributed by atoms with E-state index in [0.717, 1.165) is 30.5 Å². The monoisotopic (exact) mass is 480 g/mol. The summed E-state index contributed by atoms with van der Waals surface area (Å²) in [6.07, 6.45) is 3.17. The molecular weight excluding hydrogens is 452 g/mol. The maximum Gasteiger partial charge on any atom is 0.243 e. The summed E-state index contributed by atoms with van der Waals surface area (Å²) in [7, 11) is -3.49. The summed E-state index contributed by atoms with van der Waals surface area (Å²) in [6, 6.07) is 12.6. The number of nitrogens with zero attached hydrogens (tertiary/aromatic N) is 4. The lowest BCUT2D eigenvalue weighted by Gasteiger charge is -2.25. The van der Waals surface area contributed by atoms with Crippen LogP contribution in [0.15, 0.2) is 51.9 Å². The molecule has 178 valence electrons. The quantitative estimate of drug-likeness (QED) is 0.547. The van der Waals surface area contributed by atoms with Crippen LogP contribution in [-0.4, -0.2) is 48.4 Å². The van der Waals surface area contributed by atoms with Crippen LogP contribution >= 0.6 is 0 Å². The number of benzene rings is 2. The van der Waals surface area contributed by atoms with Crippen LogP contribution in [-0.2, 0) is 14.8 Å². The van der Waals surface area contributed by atoms with Crippen LogP contribution < -0.4 is 4.90 Å². The second kappa shape index (κ2) is 8.96. The maximum absolute atomic E-state index is 12.9. The lowest BCUT2D eigenvalue weighted by Crippen LogP contribution is -2.35. The number of piperidine rings is 1. The molecule has 2 aromatic carbocycles. The van der Waals surface area contributed by atoms with Gasteiger partial charge in [0.05, 0.1) is 10.8 Å². The molecule has 2 saturated heterocycles. The van der Waals surface area contributed by atoms with E-state index in [4.69, 9.17) is 4.52 Å². The number of carbonyl (C=O) groups is 1. The Morgan fingerprint density at radius 1 is 0.971 bits per heavy atom. The Kier molecular flexibility index (Phi) is 5.99. The molecule has 34 heavy (non-hydrogen) atoms. The smallest absolute Gasteiger partial charge is 0.243 e. The number of sulfonamides is 1. The van der Waals surface area contributed by atoms with Crippen molar-refractivity contribution in [2.75, 3.05) is 24.5 Å². The lowest BCUT2D eigenvalue weighted by molar-refractivity contribution is -0.117. The zero-order valence-electron chi connectivity index (χ0n) is 19.4. The molecule has 0 saturated carbocycles. The number of aromatic nitrogens is 2.